The van der Waals surface area contributed by atoms with Gasteiger partial charge < -0.3 is 10.6 Å². The number of H-pyrrole nitrogens is 1. The minimum Gasteiger partial charge on any atom is -0.338 e. The predicted octanol–water partition coefficient (Wildman–Crippen LogP) is 1.58. The number of aromatic amines is 1. The molecule has 13 heteroatoms. The normalized spacial score (nSPS) is 17.3. The van der Waals surface area contributed by atoms with Crippen LogP contribution in [0.3, 0.4) is 0 Å². The average Bonchev–Trinajstić information content (AvgIpc) is 3.76. The van der Waals surface area contributed by atoms with E-state index in [1.165, 1.54) is 23.1 Å². The fraction of sp³-hybridized carbons (Fsp3) is 0.500. The summed E-state index contributed by atoms with van der Waals surface area (Å²) >= 11 is 0. The van der Waals surface area contributed by atoms with Crippen LogP contribution in [0.1, 0.15) is 60.4 Å². The SMILES string of the molecule is Cc1nonc1C(=O)N[C@H](C(=O)Nc1cn(C(C)c2ccn[nH]c2=O)nc1F)C(C1CC1)C1CC1. The van der Waals surface area contributed by atoms with Gasteiger partial charge in [-0.2, -0.15) is 9.49 Å². The Morgan fingerprint density at radius 3 is 2.54 bits per heavy atom. The van der Waals surface area contributed by atoms with Crippen LogP contribution in [0.4, 0.5) is 10.1 Å². The Kier molecular flexibility index (Phi) is 5.91. The Hall–Kier alpha value is -3.90. The van der Waals surface area contributed by atoms with Crippen LogP contribution in [0.25, 0.3) is 0 Å². The number of anilines is 1. The third-order valence-corrected chi connectivity index (χ3v) is 6.70. The lowest BCUT2D eigenvalue weighted by molar-refractivity contribution is -0.119. The van der Waals surface area contributed by atoms with Gasteiger partial charge in [0.15, 0.2) is 5.69 Å². The monoisotopic (exact) mass is 484 g/mol. The molecule has 3 N–H and O–H groups in total. The van der Waals surface area contributed by atoms with Crippen molar-refractivity contribution >= 4 is 17.5 Å². The molecule has 5 rings (SSSR count). The summed E-state index contributed by atoms with van der Waals surface area (Å²) in [6.07, 6.45) is 6.67. The second-order valence-electron chi connectivity index (χ2n) is 9.22. The summed E-state index contributed by atoms with van der Waals surface area (Å²) in [5.41, 5.74) is 0.0893. The standard InChI is InChI=1S/C22H25FN8O4/c1-10-17(30-35-29-10)21(33)26-18(16(12-3-4-12)13-5-6-13)22(34)25-15-9-31(28-19(15)23)11(2)14-7-8-24-27-20(14)32/h7-9,11-13,16,18H,3-6H2,1-2H3,(H,25,34)(H,26,33)(H,27,32)/t11?,18-/m0/s1. The van der Waals surface area contributed by atoms with Crippen LogP contribution >= 0.6 is 0 Å². The maximum Gasteiger partial charge on any atom is 0.276 e. The van der Waals surface area contributed by atoms with Crippen LogP contribution < -0.4 is 16.2 Å². The van der Waals surface area contributed by atoms with Gasteiger partial charge in [0.2, 0.25) is 5.91 Å². The van der Waals surface area contributed by atoms with E-state index in [0.717, 1.165) is 25.7 Å². The van der Waals surface area contributed by atoms with Crippen LogP contribution in [0.15, 0.2) is 27.9 Å². The number of aryl methyl sites for hydroxylation is 1. The molecule has 2 fully saturated rings. The number of hydrogen-bond acceptors (Lipinski definition) is 8. The summed E-state index contributed by atoms with van der Waals surface area (Å²) < 4.78 is 20.6. The average molecular weight is 484 g/mol. The molecule has 12 nitrogen and oxygen atoms in total. The molecule has 0 bridgehead atoms. The van der Waals surface area contributed by atoms with Crippen molar-refractivity contribution < 1.29 is 18.6 Å². The lowest BCUT2D eigenvalue weighted by atomic mass is 9.88. The maximum absolute atomic E-state index is 14.7. The van der Waals surface area contributed by atoms with Crippen molar-refractivity contribution in [3.8, 4) is 0 Å². The Labute approximate surface area is 198 Å². The molecule has 1 unspecified atom stereocenters. The van der Waals surface area contributed by atoms with Crippen molar-refractivity contribution in [2.24, 2.45) is 17.8 Å². The molecule has 184 valence electrons. The molecule has 2 saturated carbocycles. The molecule has 3 heterocycles. The van der Waals surface area contributed by atoms with E-state index in [2.05, 4.69) is 40.9 Å². The lowest BCUT2D eigenvalue weighted by Gasteiger charge is -2.27. The van der Waals surface area contributed by atoms with Crippen LogP contribution in [-0.4, -0.2) is 48.1 Å². The predicted molar refractivity (Wildman–Crippen MR) is 119 cm³/mol. The van der Waals surface area contributed by atoms with Crippen molar-refractivity contribution in [2.45, 2.75) is 51.6 Å². The molecular formula is C22H25FN8O4. The highest BCUT2D eigenvalue weighted by Gasteiger charge is 2.48. The molecule has 3 aromatic heterocycles. The number of aromatic nitrogens is 6. The highest BCUT2D eigenvalue weighted by molar-refractivity contribution is 6.01. The summed E-state index contributed by atoms with van der Waals surface area (Å²) in [4.78, 5) is 38.3. The van der Waals surface area contributed by atoms with Crippen molar-refractivity contribution in [1.29, 1.82) is 0 Å². The van der Waals surface area contributed by atoms with Gasteiger partial charge in [0.25, 0.3) is 17.4 Å². The first kappa shape index (κ1) is 22.9. The highest BCUT2D eigenvalue weighted by atomic mass is 19.1. The number of hydrogen-bond donors (Lipinski definition) is 3. The van der Waals surface area contributed by atoms with Gasteiger partial charge in [-0.3, -0.25) is 19.1 Å². The first-order valence-corrected chi connectivity index (χ1v) is 11.5. The number of nitrogens with one attached hydrogen (secondary N) is 3. The molecule has 2 amide bonds. The molecule has 2 atom stereocenters. The van der Waals surface area contributed by atoms with Crippen LogP contribution in [0, 0.1) is 30.6 Å². The van der Waals surface area contributed by atoms with Crippen molar-refractivity contribution in [2.75, 3.05) is 5.32 Å². The molecule has 35 heavy (non-hydrogen) atoms. The second kappa shape index (κ2) is 9.04. The summed E-state index contributed by atoms with van der Waals surface area (Å²) in [5, 5.41) is 22.5. The molecular weight excluding hydrogens is 459 g/mol. The van der Waals surface area contributed by atoms with Gasteiger partial charge in [-0.1, -0.05) is 5.16 Å². The second-order valence-corrected chi connectivity index (χ2v) is 9.22. The van der Waals surface area contributed by atoms with E-state index in [1.807, 2.05) is 0 Å². The van der Waals surface area contributed by atoms with E-state index in [-0.39, 0.29) is 17.3 Å². The van der Waals surface area contributed by atoms with E-state index in [9.17, 15) is 18.8 Å². The van der Waals surface area contributed by atoms with Crippen molar-refractivity contribution in [3.63, 3.8) is 0 Å². The van der Waals surface area contributed by atoms with E-state index < -0.39 is 35.4 Å². The third-order valence-electron chi connectivity index (χ3n) is 6.70. The maximum atomic E-state index is 14.7. The minimum absolute atomic E-state index is 0.00328. The quantitative estimate of drug-likeness (QED) is 0.412. The van der Waals surface area contributed by atoms with Crippen LogP contribution in [0.5, 0.6) is 0 Å². The van der Waals surface area contributed by atoms with Crippen molar-refractivity contribution in [3.05, 3.63) is 51.7 Å². The van der Waals surface area contributed by atoms with Crippen LogP contribution in [-0.2, 0) is 4.79 Å². The number of carbonyl (C=O) groups is 2. The summed E-state index contributed by atoms with van der Waals surface area (Å²) in [5.74, 6) is -1.43. The Morgan fingerprint density at radius 2 is 1.94 bits per heavy atom. The Morgan fingerprint density at radius 1 is 1.23 bits per heavy atom. The largest absolute Gasteiger partial charge is 0.338 e. The molecule has 0 spiro atoms. The molecule has 0 radical (unpaired) electrons. The summed E-state index contributed by atoms with van der Waals surface area (Å²) in [7, 11) is 0. The zero-order valence-electron chi connectivity index (χ0n) is 19.2. The van der Waals surface area contributed by atoms with Gasteiger partial charge in [0.1, 0.15) is 17.4 Å². The van der Waals surface area contributed by atoms with E-state index in [4.69, 9.17) is 0 Å². The molecule has 2 aliphatic rings. The van der Waals surface area contributed by atoms with Gasteiger partial charge in [-0.05, 0) is 68.5 Å². The van der Waals surface area contributed by atoms with Gasteiger partial charge >= 0.3 is 0 Å². The highest BCUT2D eigenvalue weighted by Crippen LogP contribution is 2.51. The molecule has 2 aliphatic carbocycles. The molecule has 0 aliphatic heterocycles. The summed E-state index contributed by atoms with van der Waals surface area (Å²) in [6.45, 7) is 3.26. The van der Waals surface area contributed by atoms with Gasteiger partial charge in [-0.25, -0.2) is 9.73 Å². The zero-order chi connectivity index (χ0) is 24.7. The number of nitrogens with zero attached hydrogens (tertiary/aromatic N) is 5. The lowest BCUT2D eigenvalue weighted by Crippen LogP contribution is -2.50. The molecule has 0 saturated heterocycles. The third kappa shape index (κ3) is 4.70. The fourth-order valence-electron chi connectivity index (χ4n) is 4.56. The van der Waals surface area contributed by atoms with Crippen molar-refractivity contribution in [1.82, 2.24) is 35.6 Å². The molecule has 0 aromatic carbocycles. The van der Waals surface area contributed by atoms with Gasteiger partial charge in [0, 0.05) is 11.8 Å². The molecule has 3 aromatic rings. The Bertz CT molecular complexity index is 1300. The van der Waals surface area contributed by atoms with E-state index in [0.29, 0.717) is 23.1 Å². The fourth-order valence-corrected chi connectivity index (χ4v) is 4.56. The minimum atomic E-state index is -0.897. The van der Waals surface area contributed by atoms with E-state index >= 15 is 0 Å². The number of halogens is 1. The number of carbonyl (C=O) groups excluding carboxylic acids is 2. The first-order valence-electron chi connectivity index (χ1n) is 11.5. The van der Waals surface area contributed by atoms with E-state index in [1.54, 1.807) is 13.8 Å². The zero-order valence-corrected chi connectivity index (χ0v) is 19.2. The topological polar surface area (TPSA) is 161 Å². The number of amides is 2. The smallest absolute Gasteiger partial charge is 0.276 e. The van der Waals surface area contributed by atoms with Crippen LogP contribution in [0.2, 0.25) is 0 Å². The number of rotatable bonds is 9. The van der Waals surface area contributed by atoms with Gasteiger partial charge in [-0.15, -0.1) is 5.10 Å². The first-order chi connectivity index (χ1) is 16.8. The van der Waals surface area contributed by atoms with Gasteiger partial charge in [0.05, 0.1) is 12.2 Å². The summed E-state index contributed by atoms with van der Waals surface area (Å²) in [6, 6.07) is 0.0244. The Balaban J connectivity index is 1.38.